The maximum Gasteiger partial charge on any atom is 0.237 e. The highest BCUT2D eigenvalue weighted by Gasteiger charge is 2.27. The van der Waals surface area contributed by atoms with Gasteiger partial charge in [0, 0.05) is 25.3 Å². The average Bonchev–Trinajstić information content (AvgIpc) is 2.61. The Morgan fingerprint density at radius 1 is 1.33 bits per heavy atom. The number of nitrogens with two attached hydrogens (primary N) is 1. The molecule has 4 N–H and O–H groups in total. The Hall–Kier alpha value is -1.92. The molecule has 6 heteroatoms. The van der Waals surface area contributed by atoms with Gasteiger partial charge in [-0.2, -0.15) is 0 Å². The summed E-state index contributed by atoms with van der Waals surface area (Å²) in [6.07, 6.45) is 2.91. The van der Waals surface area contributed by atoms with E-state index in [0.29, 0.717) is 19.6 Å². The topological polar surface area (TPSA) is 93.5 Å². The molecule has 2 unspecified atom stereocenters. The zero-order valence-electron chi connectivity index (χ0n) is 14.0. The second-order valence-corrected chi connectivity index (χ2v) is 6.67. The van der Waals surface area contributed by atoms with Crippen LogP contribution in [0.15, 0.2) is 18.2 Å². The number of carbonyl (C=O) groups is 2. The number of carbonyl (C=O) groups excluding carboxylic acids is 2. The molecule has 1 aromatic rings. The van der Waals surface area contributed by atoms with Crippen molar-refractivity contribution in [2.75, 3.05) is 18.5 Å². The number of anilines is 1. The van der Waals surface area contributed by atoms with Crippen molar-refractivity contribution in [2.45, 2.75) is 44.7 Å². The maximum absolute atomic E-state index is 12.4. The number of ether oxygens (including phenoxy) is 1. The van der Waals surface area contributed by atoms with E-state index >= 15 is 0 Å². The summed E-state index contributed by atoms with van der Waals surface area (Å²) in [5, 5.41) is 5.89. The molecule has 0 aliphatic carbocycles. The molecule has 1 fully saturated rings. The smallest absolute Gasteiger partial charge is 0.237 e. The van der Waals surface area contributed by atoms with Gasteiger partial charge in [0.05, 0.1) is 12.1 Å². The molecule has 3 rings (SSSR count). The Labute approximate surface area is 142 Å². The van der Waals surface area contributed by atoms with Gasteiger partial charge in [0.25, 0.3) is 0 Å². The van der Waals surface area contributed by atoms with E-state index in [0.717, 1.165) is 36.1 Å². The highest BCUT2D eigenvalue weighted by molar-refractivity contribution is 5.93. The fourth-order valence-corrected chi connectivity index (χ4v) is 3.35. The molecule has 0 aromatic heterocycles. The minimum Gasteiger partial charge on any atom is -0.381 e. The van der Waals surface area contributed by atoms with E-state index in [2.05, 4.69) is 16.7 Å². The number of aryl methyl sites for hydroxylation is 1. The first-order valence-electron chi connectivity index (χ1n) is 8.61. The van der Waals surface area contributed by atoms with Crippen LogP contribution in [0.25, 0.3) is 0 Å². The monoisotopic (exact) mass is 331 g/mol. The average molecular weight is 331 g/mol. The molecule has 130 valence electrons. The number of benzene rings is 1. The number of hydrogen-bond acceptors (Lipinski definition) is 4. The van der Waals surface area contributed by atoms with Gasteiger partial charge in [-0.05, 0) is 49.3 Å². The van der Waals surface area contributed by atoms with Crippen molar-refractivity contribution in [3.8, 4) is 0 Å². The summed E-state index contributed by atoms with van der Waals surface area (Å²) in [6.45, 7) is 3.31. The fourth-order valence-electron chi connectivity index (χ4n) is 3.35. The number of hydrogen-bond donors (Lipinski definition) is 3. The van der Waals surface area contributed by atoms with Gasteiger partial charge in [0.15, 0.2) is 0 Å². The summed E-state index contributed by atoms with van der Waals surface area (Å²) < 4.78 is 5.32. The standard InChI is InChI=1S/C18H25N3O3/c1-11(20-18(23)17(19)12-6-8-24-9-7-12)13-2-4-15-14(10-13)3-5-16(22)21-15/h2,4,10-12,17H,3,5-9,19H2,1H3,(H,20,23)(H,21,22). The first-order valence-corrected chi connectivity index (χ1v) is 8.61. The van der Waals surface area contributed by atoms with Crippen LogP contribution in [0, 0.1) is 5.92 Å². The SMILES string of the molecule is CC(NC(=O)C(N)C1CCOCC1)c1ccc2c(c1)CCC(=O)N2. The lowest BCUT2D eigenvalue weighted by atomic mass is 9.91. The van der Waals surface area contributed by atoms with Gasteiger partial charge < -0.3 is 21.1 Å². The van der Waals surface area contributed by atoms with Crippen molar-refractivity contribution in [3.63, 3.8) is 0 Å². The lowest BCUT2D eigenvalue weighted by Gasteiger charge is -2.28. The third-order valence-corrected chi connectivity index (χ3v) is 4.96. The van der Waals surface area contributed by atoms with Crippen molar-refractivity contribution in [3.05, 3.63) is 29.3 Å². The summed E-state index contributed by atoms with van der Waals surface area (Å²) in [4.78, 5) is 23.8. The molecule has 6 nitrogen and oxygen atoms in total. The molecule has 24 heavy (non-hydrogen) atoms. The number of rotatable bonds is 4. The normalized spacial score (nSPS) is 20.7. The molecule has 1 aromatic carbocycles. The van der Waals surface area contributed by atoms with E-state index in [9.17, 15) is 9.59 Å². The fraction of sp³-hybridized carbons (Fsp3) is 0.556. The predicted molar refractivity (Wildman–Crippen MR) is 91.5 cm³/mol. The first-order chi connectivity index (χ1) is 11.5. The summed E-state index contributed by atoms with van der Waals surface area (Å²) in [5.41, 5.74) is 9.14. The summed E-state index contributed by atoms with van der Waals surface area (Å²) in [6, 6.07) is 5.29. The van der Waals surface area contributed by atoms with E-state index in [1.54, 1.807) is 0 Å². The Balaban J connectivity index is 1.63. The quantitative estimate of drug-likeness (QED) is 0.779. The minimum atomic E-state index is -0.492. The van der Waals surface area contributed by atoms with Gasteiger partial charge in [-0.3, -0.25) is 9.59 Å². The molecule has 2 aliphatic rings. The second-order valence-electron chi connectivity index (χ2n) is 6.67. The van der Waals surface area contributed by atoms with Gasteiger partial charge in [0.1, 0.15) is 0 Å². The van der Waals surface area contributed by atoms with Crippen LogP contribution in [0.3, 0.4) is 0 Å². The van der Waals surface area contributed by atoms with Crippen LogP contribution in [0.2, 0.25) is 0 Å². The summed E-state index contributed by atoms with van der Waals surface area (Å²) >= 11 is 0. The molecule has 2 atom stereocenters. The van der Waals surface area contributed by atoms with Gasteiger partial charge in [-0.1, -0.05) is 12.1 Å². The van der Waals surface area contributed by atoms with E-state index in [-0.39, 0.29) is 23.8 Å². The molecule has 0 saturated carbocycles. The molecule has 0 bridgehead atoms. The van der Waals surface area contributed by atoms with Crippen LogP contribution < -0.4 is 16.4 Å². The Morgan fingerprint density at radius 2 is 2.08 bits per heavy atom. The Bertz CT molecular complexity index is 626. The van der Waals surface area contributed by atoms with Gasteiger partial charge >= 0.3 is 0 Å². The van der Waals surface area contributed by atoms with E-state index in [1.165, 1.54) is 0 Å². The minimum absolute atomic E-state index is 0.0547. The number of amides is 2. The van der Waals surface area contributed by atoms with E-state index in [4.69, 9.17) is 10.5 Å². The molecule has 2 aliphatic heterocycles. The molecule has 1 saturated heterocycles. The molecule has 0 spiro atoms. The predicted octanol–water partition coefficient (Wildman–Crippen LogP) is 1.50. The third kappa shape index (κ3) is 3.76. The van der Waals surface area contributed by atoms with E-state index < -0.39 is 6.04 Å². The lowest BCUT2D eigenvalue weighted by molar-refractivity contribution is -0.125. The molecule has 2 amide bonds. The van der Waals surface area contributed by atoms with Gasteiger partial charge in [0.2, 0.25) is 11.8 Å². The van der Waals surface area contributed by atoms with Crippen LogP contribution >= 0.6 is 0 Å². The Morgan fingerprint density at radius 3 is 2.83 bits per heavy atom. The van der Waals surface area contributed by atoms with Gasteiger partial charge in [-0.15, -0.1) is 0 Å². The lowest BCUT2D eigenvalue weighted by Crippen LogP contribution is -2.47. The van der Waals surface area contributed by atoms with E-state index in [1.807, 2.05) is 19.1 Å². The van der Waals surface area contributed by atoms with Crippen LogP contribution in [-0.2, 0) is 20.7 Å². The number of nitrogens with one attached hydrogen (secondary N) is 2. The van der Waals surface area contributed by atoms with Crippen LogP contribution in [0.4, 0.5) is 5.69 Å². The largest absolute Gasteiger partial charge is 0.381 e. The molecule has 2 heterocycles. The van der Waals surface area contributed by atoms with Crippen molar-refractivity contribution < 1.29 is 14.3 Å². The zero-order chi connectivity index (χ0) is 17.1. The van der Waals surface area contributed by atoms with Gasteiger partial charge in [-0.25, -0.2) is 0 Å². The molecular weight excluding hydrogens is 306 g/mol. The van der Waals surface area contributed by atoms with Crippen molar-refractivity contribution in [1.82, 2.24) is 5.32 Å². The van der Waals surface area contributed by atoms with Crippen LogP contribution in [0.1, 0.15) is 43.4 Å². The summed E-state index contributed by atoms with van der Waals surface area (Å²) in [5.74, 6) is 0.129. The van der Waals surface area contributed by atoms with Crippen molar-refractivity contribution in [2.24, 2.45) is 11.7 Å². The first kappa shape index (κ1) is 16.9. The molecular formula is C18H25N3O3. The molecule has 0 radical (unpaired) electrons. The van der Waals surface area contributed by atoms with Crippen LogP contribution in [-0.4, -0.2) is 31.1 Å². The van der Waals surface area contributed by atoms with Crippen molar-refractivity contribution >= 4 is 17.5 Å². The third-order valence-electron chi connectivity index (χ3n) is 4.96. The zero-order valence-corrected chi connectivity index (χ0v) is 14.0. The second kappa shape index (κ2) is 7.32. The summed E-state index contributed by atoms with van der Waals surface area (Å²) in [7, 11) is 0. The Kier molecular flexibility index (Phi) is 5.16. The highest BCUT2D eigenvalue weighted by Crippen LogP contribution is 2.26. The maximum atomic E-state index is 12.4. The highest BCUT2D eigenvalue weighted by atomic mass is 16.5. The van der Waals surface area contributed by atoms with Crippen LogP contribution in [0.5, 0.6) is 0 Å². The van der Waals surface area contributed by atoms with Crippen molar-refractivity contribution in [1.29, 1.82) is 0 Å². The number of fused-ring (bicyclic) bond motifs is 1.